The summed E-state index contributed by atoms with van der Waals surface area (Å²) in [6.07, 6.45) is 1.18. The van der Waals surface area contributed by atoms with Crippen molar-refractivity contribution in [1.29, 1.82) is 0 Å². The number of benzene rings is 1. The lowest BCUT2D eigenvalue weighted by atomic mass is 10.1. The van der Waals surface area contributed by atoms with E-state index in [2.05, 4.69) is 10.3 Å². The number of amides is 1. The molecule has 1 aromatic carbocycles. The zero-order chi connectivity index (χ0) is 13.9. The Kier molecular flexibility index (Phi) is 3.78. The molecule has 2 heterocycles. The second-order valence-corrected chi connectivity index (χ2v) is 6.20. The van der Waals surface area contributed by atoms with E-state index in [9.17, 15) is 4.79 Å². The van der Waals surface area contributed by atoms with Crippen LogP contribution in [0.2, 0.25) is 0 Å². The highest BCUT2D eigenvalue weighted by atomic mass is 32.2. The van der Waals surface area contributed by atoms with Crippen molar-refractivity contribution in [1.82, 2.24) is 10.3 Å². The van der Waals surface area contributed by atoms with Gasteiger partial charge in [0.1, 0.15) is 11.5 Å². The third-order valence-electron chi connectivity index (χ3n) is 3.58. The summed E-state index contributed by atoms with van der Waals surface area (Å²) in [6.45, 7) is 0.722. The molecule has 3 rings (SSSR count). The molecule has 2 aromatic rings. The van der Waals surface area contributed by atoms with Gasteiger partial charge in [0, 0.05) is 11.9 Å². The molecule has 1 atom stereocenters. The number of thioether (sulfide) groups is 1. The zero-order valence-electron chi connectivity index (χ0n) is 11.1. The SMILES string of the molecule is Nc1nc(C(=O)NCC2CCSC2)cc2ccccc12. The fraction of sp³-hybridized carbons (Fsp3) is 0.333. The second-order valence-electron chi connectivity index (χ2n) is 5.05. The van der Waals surface area contributed by atoms with Crippen LogP contribution < -0.4 is 11.1 Å². The minimum atomic E-state index is -0.139. The third-order valence-corrected chi connectivity index (χ3v) is 4.81. The Morgan fingerprint density at radius 2 is 2.30 bits per heavy atom. The highest BCUT2D eigenvalue weighted by molar-refractivity contribution is 7.99. The smallest absolute Gasteiger partial charge is 0.270 e. The van der Waals surface area contributed by atoms with Crippen LogP contribution in [0.1, 0.15) is 16.9 Å². The van der Waals surface area contributed by atoms with E-state index in [0.717, 1.165) is 23.1 Å². The van der Waals surface area contributed by atoms with Gasteiger partial charge in [-0.2, -0.15) is 11.8 Å². The molecule has 4 nitrogen and oxygen atoms in total. The quantitative estimate of drug-likeness (QED) is 0.909. The molecule has 1 unspecified atom stereocenters. The molecule has 1 aliphatic heterocycles. The van der Waals surface area contributed by atoms with Crippen molar-refractivity contribution >= 4 is 34.3 Å². The maximum atomic E-state index is 12.2. The Hall–Kier alpha value is -1.75. The van der Waals surface area contributed by atoms with Crippen LogP contribution in [-0.4, -0.2) is 28.9 Å². The third kappa shape index (κ3) is 2.72. The number of anilines is 1. The molecule has 1 saturated heterocycles. The van der Waals surface area contributed by atoms with Gasteiger partial charge in [-0.25, -0.2) is 4.98 Å². The number of nitrogens with zero attached hydrogens (tertiary/aromatic N) is 1. The number of fused-ring (bicyclic) bond motifs is 1. The summed E-state index contributed by atoms with van der Waals surface area (Å²) in [5.74, 6) is 3.18. The molecule has 104 valence electrons. The van der Waals surface area contributed by atoms with Crippen LogP contribution in [0.5, 0.6) is 0 Å². The van der Waals surface area contributed by atoms with Crippen LogP contribution in [0.25, 0.3) is 10.8 Å². The number of rotatable bonds is 3. The van der Waals surface area contributed by atoms with Gasteiger partial charge in [0.2, 0.25) is 0 Å². The topological polar surface area (TPSA) is 68.0 Å². The molecule has 1 fully saturated rings. The van der Waals surface area contributed by atoms with Gasteiger partial charge in [0.15, 0.2) is 0 Å². The van der Waals surface area contributed by atoms with Crippen molar-refractivity contribution in [3.63, 3.8) is 0 Å². The van der Waals surface area contributed by atoms with Gasteiger partial charge in [0.25, 0.3) is 5.91 Å². The summed E-state index contributed by atoms with van der Waals surface area (Å²) in [6, 6.07) is 9.49. The molecular formula is C15H17N3OS. The van der Waals surface area contributed by atoms with Crippen LogP contribution in [0.15, 0.2) is 30.3 Å². The summed E-state index contributed by atoms with van der Waals surface area (Å²) in [5.41, 5.74) is 6.31. The van der Waals surface area contributed by atoms with E-state index >= 15 is 0 Å². The van der Waals surface area contributed by atoms with Crippen molar-refractivity contribution in [3.05, 3.63) is 36.0 Å². The van der Waals surface area contributed by atoms with E-state index < -0.39 is 0 Å². The minimum Gasteiger partial charge on any atom is -0.383 e. The Balaban J connectivity index is 1.77. The first-order valence-electron chi connectivity index (χ1n) is 6.75. The van der Waals surface area contributed by atoms with E-state index in [1.54, 1.807) is 6.07 Å². The van der Waals surface area contributed by atoms with Gasteiger partial charge in [-0.15, -0.1) is 0 Å². The van der Waals surface area contributed by atoms with Gasteiger partial charge >= 0.3 is 0 Å². The van der Waals surface area contributed by atoms with E-state index in [0.29, 0.717) is 17.4 Å². The molecule has 0 radical (unpaired) electrons. The lowest BCUT2D eigenvalue weighted by molar-refractivity contribution is 0.0944. The van der Waals surface area contributed by atoms with Crippen LogP contribution in [0.4, 0.5) is 5.82 Å². The lowest BCUT2D eigenvalue weighted by Crippen LogP contribution is -2.30. The summed E-state index contributed by atoms with van der Waals surface area (Å²) in [4.78, 5) is 16.4. The maximum absolute atomic E-state index is 12.2. The maximum Gasteiger partial charge on any atom is 0.270 e. The van der Waals surface area contributed by atoms with E-state index in [1.807, 2.05) is 36.0 Å². The van der Waals surface area contributed by atoms with Crippen LogP contribution >= 0.6 is 11.8 Å². The Bertz CT molecular complexity index is 638. The number of hydrogen-bond acceptors (Lipinski definition) is 4. The number of aromatic nitrogens is 1. The molecule has 1 aliphatic rings. The predicted octanol–water partition coefficient (Wildman–Crippen LogP) is 2.30. The van der Waals surface area contributed by atoms with Crippen molar-refractivity contribution < 1.29 is 4.79 Å². The number of nitrogen functional groups attached to an aromatic ring is 1. The molecule has 0 spiro atoms. The largest absolute Gasteiger partial charge is 0.383 e. The molecule has 3 N–H and O–H groups in total. The summed E-state index contributed by atoms with van der Waals surface area (Å²) < 4.78 is 0. The standard InChI is InChI=1S/C15H17N3OS/c16-14-12-4-2-1-3-11(12)7-13(18-14)15(19)17-8-10-5-6-20-9-10/h1-4,7,10H,5-6,8-9H2,(H2,16,18)(H,17,19). The van der Waals surface area contributed by atoms with Gasteiger partial charge in [-0.1, -0.05) is 24.3 Å². The fourth-order valence-electron chi connectivity index (χ4n) is 2.41. The number of nitrogens with one attached hydrogen (secondary N) is 1. The lowest BCUT2D eigenvalue weighted by Gasteiger charge is -2.10. The first kappa shape index (κ1) is 13.2. The number of pyridine rings is 1. The Labute approximate surface area is 122 Å². The van der Waals surface area contributed by atoms with Gasteiger partial charge < -0.3 is 11.1 Å². The average molecular weight is 287 g/mol. The van der Waals surface area contributed by atoms with Crippen molar-refractivity contribution in [2.45, 2.75) is 6.42 Å². The minimum absolute atomic E-state index is 0.139. The number of nitrogens with two attached hydrogens (primary N) is 1. The van der Waals surface area contributed by atoms with Gasteiger partial charge in [-0.05, 0) is 35.3 Å². The molecular weight excluding hydrogens is 270 g/mol. The average Bonchev–Trinajstić information content (AvgIpc) is 2.98. The van der Waals surface area contributed by atoms with Crippen molar-refractivity contribution in [2.75, 3.05) is 23.8 Å². The number of carbonyl (C=O) groups excluding carboxylic acids is 1. The fourth-order valence-corrected chi connectivity index (χ4v) is 3.70. The number of hydrogen-bond donors (Lipinski definition) is 2. The van der Waals surface area contributed by atoms with Crippen LogP contribution in [0, 0.1) is 5.92 Å². The van der Waals surface area contributed by atoms with E-state index in [4.69, 9.17) is 5.73 Å². The first-order chi connectivity index (χ1) is 9.74. The normalized spacial score (nSPS) is 18.3. The monoisotopic (exact) mass is 287 g/mol. The molecule has 0 saturated carbocycles. The molecule has 1 amide bonds. The molecule has 1 aromatic heterocycles. The molecule has 0 bridgehead atoms. The van der Waals surface area contributed by atoms with Gasteiger partial charge in [0.05, 0.1) is 0 Å². The van der Waals surface area contributed by atoms with Crippen LogP contribution in [-0.2, 0) is 0 Å². The zero-order valence-corrected chi connectivity index (χ0v) is 12.0. The molecule has 0 aliphatic carbocycles. The van der Waals surface area contributed by atoms with E-state index in [1.165, 1.54) is 12.2 Å². The van der Waals surface area contributed by atoms with Crippen molar-refractivity contribution in [3.8, 4) is 0 Å². The highest BCUT2D eigenvalue weighted by Gasteiger charge is 2.17. The summed E-state index contributed by atoms with van der Waals surface area (Å²) in [5, 5.41) is 4.79. The van der Waals surface area contributed by atoms with Crippen molar-refractivity contribution in [2.24, 2.45) is 5.92 Å². The Morgan fingerprint density at radius 3 is 3.10 bits per heavy atom. The molecule has 5 heteroatoms. The first-order valence-corrected chi connectivity index (χ1v) is 7.91. The highest BCUT2D eigenvalue weighted by Crippen LogP contribution is 2.23. The molecule has 20 heavy (non-hydrogen) atoms. The van der Waals surface area contributed by atoms with E-state index in [-0.39, 0.29) is 5.91 Å². The van der Waals surface area contributed by atoms with Gasteiger partial charge in [-0.3, -0.25) is 4.79 Å². The Morgan fingerprint density at radius 1 is 1.45 bits per heavy atom. The van der Waals surface area contributed by atoms with Crippen LogP contribution in [0.3, 0.4) is 0 Å². The summed E-state index contributed by atoms with van der Waals surface area (Å²) in [7, 11) is 0. The second kappa shape index (κ2) is 5.71. The summed E-state index contributed by atoms with van der Waals surface area (Å²) >= 11 is 1.95. The predicted molar refractivity (Wildman–Crippen MR) is 83.9 cm³/mol. The number of carbonyl (C=O) groups is 1.